The van der Waals surface area contributed by atoms with Gasteiger partial charge in [0, 0.05) is 10.9 Å². The zero-order valence-corrected chi connectivity index (χ0v) is 9.86. The first kappa shape index (κ1) is 11.5. The Hall–Kier alpha value is -0.600. The van der Waals surface area contributed by atoms with Crippen LogP contribution in [0.5, 0.6) is 0 Å². The van der Waals surface area contributed by atoms with Gasteiger partial charge in [0.1, 0.15) is 0 Å². The van der Waals surface area contributed by atoms with E-state index in [9.17, 15) is 0 Å². The van der Waals surface area contributed by atoms with Crippen LogP contribution in [0.25, 0.3) is 0 Å². The van der Waals surface area contributed by atoms with Crippen LogP contribution in [0, 0.1) is 0 Å². The van der Waals surface area contributed by atoms with Crippen LogP contribution >= 0.6 is 11.3 Å². The average molecular weight is 209 g/mol. The Morgan fingerprint density at radius 2 is 2.43 bits per heavy atom. The van der Waals surface area contributed by atoms with Crippen LogP contribution < -0.4 is 5.32 Å². The van der Waals surface area contributed by atoms with Crippen molar-refractivity contribution in [2.45, 2.75) is 32.2 Å². The van der Waals surface area contributed by atoms with Crippen molar-refractivity contribution in [3.8, 4) is 0 Å². The Morgan fingerprint density at radius 1 is 1.64 bits per heavy atom. The van der Waals surface area contributed by atoms with Crippen molar-refractivity contribution in [2.24, 2.45) is 0 Å². The van der Waals surface area contributed by atoms with Crippen LogP contribution in [0.15, 0.2) is 24.1 Å². The maximum atomic E-state index is 3.77. The molecule has 0 bridgehead atoms. The van der Waals surface area contributed by atoms with E-state index < -0.39 is 0 Å². The Balaban J connectivity index is 2.72. The zero-order valence-electron chi connectivity index (χ0n) is 9.05. The summed E-state index contributed by atoms with van der Waals surface area (Å²) in [5.74, 6) is 0. The normalized spacial score (nSPS) is 12.7. The molecule has 1 N–H and O–H groups in total. The van der Waals surface area contributed by atoms with Crippen LogP contribution in [0.4, 0.5) is 0 Å². The summed E-state index contributed by atoms with van der Waals surface area (Å²) in [6, 6.07) is 2.74. The molecule has 0 amide bonds. The molecule has 1 aromatic heterocycles. The van der Waals surface area contributed by atoms with E-state index in [1.165, 1.54) is 10.4 Å². The van der Waals surface area contributed by atoms with Gasteiger partial charge in [-0.1, -0.05) is 13.0 Å². The fourth-order valence-corrected chi connectivity index (χ4v) is 2.78. The molecule has 1 nitrogen and oxygen atoms in total. The molecule has 0 saturated carbocycles. The molecule has 0 saturated heterocycles. The lowest BCUT2D eigenvalue weighted by atomic mass is 10.1. The quantitative estimate of drug-likeness (QED) is 0.707. The summed E-state index contributed by atoms with van der Waals surface area (Å²) in [5.41, 5.74) is 1.48. The topological polar surface area (TPSA) is 12.0 Å². The number of rotatable bonds is 6. The van der Waals surface area contributed by atoms with Crippen LogP contribution in [-0.4, -0.2) is 7.05 Å². The first-order valence-corrected chi connectivity index (χ1v) is 6.05. The predicted octanol–water partition coefficient (Wildman–Crippen LogP) is 3.54. The summed E-state index contributed by atoms with van der Waals surface area (Å²) in [6.07, 6.45) is 5.34. The average Bonchev–Trinajstić information content (AvgIpc) is 2.67. The minimum Gasteiger partial charge on any atom is -0.312 e. The predicted molar refractivity (Wildman–Crippen MR) is 64.9 cm³/mol. The van der Waals surface area contributed by atoms with Gasteiger partial charge in [-0.2, -0.15) is 0 Å². The van der Waals surface area contributed by atoms with Gasteiger partial charge in [0.05, 0.1) is 0 Å². The molecule has 0 aliphatic rings. The highest BCUT2D eigenvalue weighted by molar-refractivity contribution is 7.10. The lowest BCUT2D eigenvalue weighted by molar-refractivity contribution is 0.560. The van der Waals surface area contributed by atoms with E-state index in [0.29, 0.717) is 6.04 Å². The smallest absolute Gasteiger partial charge is 0.0418 e. The van der Waals surface area contributed by atoms with Crippen molar-refractivity contribution in [2.75, 3.05) is 7.05 Å². The van der Waals surface area contributed by atoms with Crippen molar-refractivity contribution in [3.63, 3.8) is 0 Å². The van der Waals surface area contributed by atoms with Crippen LogP contribution in [0.2, 0.25) is 0 Å². The number of aryl methyl sites for hydroxylation is 1. The molecule has 2 heteroatoms. The molecule has 0 aromatic carbocycles. The van der Waals surface area contributed by atoms with Gasteiger partial charge in [-0.25, -0.2) is 0 Å². The molecule has 1 unspecified atom stereocenters. The van der Waals surface area contributed by atoms with E-state index in [-0.39, 0.29) is 0 Å². The Kier molecular flexibility index (Phi) is 4.91. The fraction of sp³-hybridized carbons (Fsp3) is 0.500. The number of nitrogens with one attached hydrogen (secondary N) is 1. The molecule has 0 spiro atoms. The molecule has 1 rings (SSSR count). The second kappa shape index (κ2) is 5.99. The standard InChI is InChI=1S/C12H19NS/c1-4-6-7-11(13-3)12-10(5-2)8-9-14-12/h4,8-9,11,13H,1,5-7H2,2-3H3. The van der Waals surface area contributed by atoms with Gasteiger partial charge in [-0.3, -0.25) is 0 Å². The minimum absolute atomic E-state index is 0.503. The highest BCUT2D eigenvalue weighted by Gasteiger charge is 2.12. The highest BCUT2D eigenvalue weighted by atomic mass is 32.1. The number of hydrogen-bond donors (Lipinski definition) is 1. The number of hydrogen-bond acceptors (Lipinski definition) is 2. The molecule has 14 heavy (non-hydrogen) atoms. The van der Waals surface area contributed by atoms with Gasteiger partial charge in [0.25, 0.3) is 0 Å². The van der Waals surface area contributed by atoms with Gasteiger partial charge in [-0.05, 0) is 43.3 Å². The number of thiophene rings is 1. The molecular weight excluding hydrogens is 190 g/mol. The molecule has 0 aliphatic carbocycles. The second-order valence-corrected chi connectivity index (χ2v) is 4.32. The van der Waals surface area contributed by atoms with E-state index in [0.717, 1.165) is 19.3 Å². The third-order valence-electron chi connectivity index (χ3n) is 2.49. The monoisotopic (exact) mass is 209 g/mol. The lowest BCUT2D eigenvalue weighted by Gasteiger charge is -2.15. The van der Waals surface area contributed by atoms with Crippen molar-refractivity contribution < 1.29 is 0 Å². The third kappa shape index (κ3) is 2.69. The summed E-state index contributed by atoms with van der Waals surface area (Å²) in [6.45, 7) is 5.98. The summed E-state index contributed by atoms with van der Waals surface area (Å²) in [4.78, 5) is 1.50. The summed E-state index contributed by atoms with van der Waals surface area (Å²) in [7, 11) is 2.03. The molecule has 1 heterocycles. The molecule has 1 aromatic rings. The summed E-state index contributed by atoms with van der Waals surface area (Å²) < 4.78 is 0. The van der Waals surface area contributed by atoms with Gasteiger partial charge >= 0.3 is 0 Å². The van der Waals surface area contributed by atoms with Crippen molar-refractivity contribution in [1.29, 1.82) is 0 Å². The van der Waals surface area contributed by atoms with Crippen molar-refractivity contribution in [3.05, 3.63) is 34.5 Å². The van der Waals surface area contributed by atoms with E-state index in [1.807, 2.05) is 24.5 Å². The zero-order chi connectivity index (χ0) is 10.4. The molecule has 0 aliphatic heterocycles. The maximum Gasteiger partial charge on any atom is 0.0418 e. The first-order valence-electron chi connectivity index (χ1n) is 5.17. The Morgan fingerprint density at radius 3 is 3.00 bits per heavy atom. The molecule has 1 atom stereocenters. The van der Waals surface area contributed by atoms with E-state index in [1.54, 1.807) is 0 Å². The second-order valence-electron chi connectivity index (χ2n) is 3.37. The molecule has 0 radical (unpaired) electrons. The summed E-state index contributed by atoms with van der Waals surface area (Å²) >= 11 is 1.86. The van der Waals surface area contributed by atoms with Crippen molar-refractivity contribution >= 4 is 11.3 Å². The fourth-order valence-electron chi connectivity index (χ4n) is 1.64. The van der Waals surface area contributed by atoms with E-state index in [4.69, 9.17) is 0 Å². The van der Waals surface area contributed by atoms with Crippen molar-refractivity contribution in [1.82, 2.24) is 5.32 Å². The third-order valence-corrected chi connectivity index (χ3v) is 3.56. The van der Waals surface area contributed by atoms with Gasteiger partial charge < -0.3 is 5.32 Å². The summed E-state index contributed by atoms with van der Waals surface area (Å²) in [5, 5.41) is 5.56. The molecular formula is C12H19NS. The van der Waals surface area contributed by atoms with Gasteiger partial charge in [0.15, 0.2) is 0 Å². The Bertz CT molecular complexity index is 278. The molecule has 0 fully saturated rings. The largest absolute Gasteiger partial charge is 0.312 e. The Labute approximate surface area is 90.9 Å². The van der Waals surface area contributed by atoms with Crippen LogP contribution in [-0.2, 0) is 6.42 Å². The van der Waals surface area contributed by atoms with Crippen LogP contribution in [0.1, 0.15) is 36.2 Å². The minimum atomic E-state index is 0.503. The van der Waals surface area contributed by atoms with Gasteiger partial charge in [0.2, 0.25) is 0 Å². The van der Waals surface area contributed by atoms with E-state index >= 15 is 0 Å². The molecule has 78 valence electrons. The highest BCUT2D eigenvalue weighted by Crippen LogP contribution is 2.27. The maximum absolute atomic E-state index is 3.77. The lowest BCUT2D eigenvalue weighted by Crippen LogP contribution is -2.16. The first-order chi connectivity index (χ1) is 6.83. The van der Waals surface area contributed by atoms with E-state index in [2.05, 4.69) is 30.3 Å². The number of allylic oxidation sites excluding steroid dienone is 1. The van der Waals surface area contributed by atoms with Gasteiger partial charge in [-0.15, -0.1) is 17.9 Å². The van der Waals surface area contributed by atoms with Crippen LogP contribution in [0.3, 0.4) is 0 Å². The SMILES string of the molecule is C=CCCC(NC)c1sccc1CC.